The number of phenolic OH excluding ortho intramolecular Hbond substituents is 1. The molecule has 9 nitrogen and oxygen atoms in total. The van der Waals surface area contributed by atoms with Crippen LogP contribution in [-0.4, -0.2) is 35.9 Å². The van der Waals surface area contributed by atoms with Gasteiger partial charge in [-0.3, -0.25) is 14.9 Å². The Labute approximate surface area is 142 Å². The van der Waals surface area contributed by atoms with Crippen LogP contribution in [0.15, 0.2) is 47.6 Å². The average molecular weight is 345 g/mol. The van der Waals surface area contributed by atoms with Gasteiger partial charge in [-0.05, 0) is 18.2 Å². The summed E-state index contributed by atoms with van der Waals surface area (Å²) in [6.45, 7) is -0.307. The number of carbonyl (C=O) groups excluding carboxylic acids is 1. The van der Waals surface area contributed by atoms with Gasteiger partial charge in [-0.25, -0.2) is 5.43 Å². The lowest BCUT2D eigenvalue weighted by atomic mass is 10.2. The van der Waals surface area contributed by atoms with Crippen LogP contribution in [0.5, 0.6) is 17.2 Å². The zero-order valence-corrected chi connectivity index (χ0v) is 13.2. The van der Waals surface area contributed by atoms with Crippen molar-refractivity contribution in [2.24, 2.45) is 5.10 Å². The fourth-order valence-corrected chi connectivity index (χ4v) is 1.89. The number of nitrogens with zero attached hydrogens (tertiary/aromatic N) is 2. The van der Waals surface area contributed by atoms with E-state index >= 15 is 0 Å². The van der Waals surface area contributed by atoms with E-state index in [0.29, 0.717) is 11.5 Å². The minimum atomic E-state index is -0.716. The number of methoxy groups -OCH3 is 1. The van der Waals surface area contributed by atoms with Gasteiger partial charge in [0.25, 0.3) is 5.91 Å². The van der Waals surface area contributed by atoms with E-state index in [0.717, 1.165) is 12.3 Å². The number of hydrogen-bond donors (Lipinski definition) is 2. The van der Waals surface area contributed by atoms with E-state index in [1.54, 1.807) is 24.3 Å². The van der Waals surface area contributed by atoms with Crippen LogP contribution >= 0.6 is 0 Å². The van der Waals surface area contributed by atoms with Crippen LogP contribution in [0.1, 0.15) is 5.56 Å². The topological polar surface area (TPSA) is 123 Å². The molecule has 0 unspecified atom stereocenters. The Hall–Kier alpha value is -3.62. The van der Waals surface area contributed by atoms with Crippen molar-refractivity contribution in [2.45, 2.75) is 0 Å². The number of phenols is 1. The maximum atomic E-state index is 11.7. The number of nitro benzene ring substituents is 1. The normalized spacial score (nSPS) is 10.4. The molecule has 0 aromatic heterocycles. The van der Waals surface area contributed by atoms with E-state index < -0.39 is 22.3 Å². The van der Waals surface area contributed by atoms with Crippen molar-refractivity contribution >= 4 is 17.8 Å². The number of benzene rings is 2. The molecule has 0 fully saturated rings. The first-order valence-electron chi connectivity index (χ1n) is 7.07. The number of amides is 1. The van der Waals surface area contributed by atoms with Crippen molar-refractivity contribution in [3.8, 4) is 17.2 Å². The molecule has 0 aliphatic rings. The van der Waals surface area contributed by atoms with Crippen LogP contribution in [0.25, 0.3) is 0 Å². The summed E-state index contributed by atoms with van der Waals surface area (Å²) in [5.74, 6) is -0.191. The van der Waals surface area contributed by atoms with E-state index in [9.17, 15) is 20.0 Å². The molecule has 0 saturated heterocycles. The number of carbonyl (C=O) groups is 1. The van der Waals surface area contributed by atoms with Gasteiger partial charge in [0, 0.05) is 11.6 Å². The van der Waals surface area contributed by atoms with Gasteiger partial charge in [0.15, 0.2) is 18.1 Å². The average Bonchev–Trinajstić information content (AvgIpc) is 2.61. The Bertz CT molecular complexity index is 806. The van der Waals surface area contributed by atoms with E-state index in [1.807, 2.05) is 0 Å². The van der Waals surface area contributed by atoms with Crippen molar-refractivity contribution < 1.29 is 24.3 Å². The van der Waals surface area contributed by atoms with Gasteiger partial charge >= 0.3 is 5.69 Å². The highest BCUT2D eigenvalue weighted by Crippen LogP contribution is 2.28. The summed E-state index contributed by atoms with van der Waals surface area (Å²) in [5, 5.41) is 24.1. The molecule has 2 aromatic rings. The van der Waals surface area contributed by atoms with Crippen molar-refractivity contribution in [1.29, 1.82) is 0 Å². The molecule has 0 saturated carbocycles. The third-order valence-electron chi connectivity index (χ3n) is 3.06. The number of aromatic hydroxyl groups is 1. The summed E-state index contributed by atoms with van der Waals surface area (Å²) in [7, 11) is 1.48. The first-order chi connectivity index (χ1) is 12.0. The number of rotatable bonds is 7. The number of para-hydroxylation sites is 3. The van der Waals surface area contributed by atoms with E-state index in [1.165, 1.54) is 19.2 Å². The summed E-state index contributed by atoms with van der Waals surface area (Å²) < 4.78 is 10.4. The molecule has 0 spiro atoms. The van der Waals surface area contributed by atoms with E-state index in [2.05, 4.69) is 10.5 Å². The van der Waals surface area contributed by atoms with Crippen molar-refractivity contribution in [3.05, 3.63) is 58.1 Å². The number of hydrogen-bond acceptors (Lipinski definition) is 7. The largest absolute Gasteiger partial charge is 0.502 e. The van der Waals surface area contributed by atoms with Crippen molar-refractivity contribution in [3.63, 3.8) is 0 Å². The van der Waals surface area contributed by atoms with E-state index in [4.69, 9.17) is 9.47 Å². The Morgan fingerprint density at radius 3 is 2.68 bits per heavy atom. The molecule has 2 rings (SSSR count). The first-order valence-corrected chi connectivity index (χ1v) is 7.07. The van der Waals surface area contributed by atoms with Crippen LogP contribution < -0.4 is 14.9 Å². The SMILES string of the molecule is COc1ccccc1OCC(=O)N/N=C/c1cccc([N+](=O)[O-])c1O. The van der Waals surface area contributed by atoms with Gasteiger partial charge in [0.2, 0.25) is 5.75 Å². The number of nitrogens with one attached hydrogen (secondary N) is 1. The lowest BCUT2D eigenvalue weighted by Gasteiger charge is -2.09. The van der Waals surface area contributed by atoms with Crippen LogP contribution in [0.3, 0.4) is 0 Å². The zero-order chi connectivity index (χ0) is 18.2. The van der Waals surface area contributed by atoms with Crippen molar-refractivity contribution in [1.82, 2.24) is 5.43 Å². The maximum absolute atomic E-state index is 11.7. The van der Waals surface area contributed by atoms with E-state index in [-0.39, 0.29) is 12.2 Å². The van der Waals surface area contributed by atoms with Gasteiger partial charge in [-0.2, -0.15) is 5.10 Å². The molecule has 2 N–H and O–H groups in total. The third kappa shape index (κ3) is 4.67. The molecule has 0 aliphatic carbocycles. The monoisotopic (exact) mass is 345 g/mol. The Balaban J connectivity index is 1.93. The molecule has 2 aromatic carbocycles. The first kappa shape index (κ1) is 17.7. The lowest BCUT2D eigenvalue weighted by Crippen LogP contribution is -2.24. The second-order valence-corrected chi connectivity index (χ2v) is 4.70. The molecule has 0 atom stereocenters. The Morgan fingerprint density at radius 1 is 1.28 bits per heavy atom. The highest BCUT2D eigenvalue weighted by Gasteiger charge is 2.15. The predicted octanol–water partition coefficient (Wildman–Crippen LogP) is 1.84. The van der Waals surface area contributed by atoms with Crippen LogP contribution in [-0.2, 0) is 4.79 Å². The minimum absolute atomic E-state index is 0.0974. The Morgan fingerprint density at radius 2 is 2.00 bits per heavy atom. The molecule has 130 valence electrons. The number of ether oxygens (including phenoxy) is 2. The van der Waals surface area contributed by atoms with Gasteiger partial charge in [0.1, 0.15) is 0 Å². The van der Waals surface area contributed by atoms with Crippen LogP contribution in [0.2, 0.25) is 0 Å². The standard InChI is InChI=1S/C16H15N3O6/c1-24-13-7-2-3-8-14(13)25-10-15(20)18-17-9-11-5-4-6-12(16(11)21)19(22)23/h2-9,21H,10H2,1H3,(H,18,20)/b17-9+. The van der Waals surface area contributed by atoms with Gasteiger partial charge in [0.05, 0.1) is 18.2 Å². The molecule has 0 bridgehead atoms. The van der Waals surface area contributed by atoms with Crippen LogP contribution in [0, 0.1) is 10.1 Å². The van der Waals surface area contributed by atoms with Gasteiger partial charge < -0.3 is 14.6 Å². The van der Waals surface area contributed by atoms with Gasteiger partial charge in [-0.15, -0.1) is 0 Å². The lowest BCUT2D eigenvalue weighted by molar-refractivity contribution is -0.385. The molecule has 0 aliphatic heterocycles. The summed E-state index contributed by atoms with van der Waals surface area (Å²) in [6.07, 6.45) is 1.10. The molecule has 9 heteroatoms. The summed E-state index contributed by atoms with van der Waals surface area (Å²) >= 11 is 0. The summed E-state index contributed by atoms with van der Waals surface area (Å²) in [4.78, 5) is 21.7. The predicted molar refractivity (Wildman–Crippen MR) is 89.0 cm³/mol. The smallest absolute Gasteiger partial charge is 0.311 e. The minimum Gasteiger partial charge on any atom is -0.502 e. The fourth-order valence-electron chi connectivity index (χ4n) is 1.89. The second kappa shape index (κ2) is 8.29. The van der Waals surface area contributed by atoms with Crippen LogP contribution in [0.4, 0.5) is 5.69 Å². The molecule has 0 heterocycles. The number of nitro groups is 1. The molecule has 0 radical (unpaired) electrons. The number of hydrazone groups is 1. The van der Waals surface area contributed by atoms with Crippen molar-refractivity contribution in [2.75, 3.05) is 13.7 Å². The fraction of sp³-hybridized carbons (Fsp3) is 0.125. The van der Waals surface area contributed by atoms with Gasteiger partial charge in [-0.1, -0.05) is 18.2 Å². The summed E-state index contributed by atoms with van der Waals surface area (Å²) in [5.41, 5.74) is 1.85. The zero-order valence-electron chi connectivity index (χ0n) is 13.2. The molecular formula is C16H15N3O6. The highest BCUT2D eigenvalue weighted by atomic mass is 16.6. The second-order valence-electron chi connectivity index (χ2n) is 4.70. The highest BCUT2D eigenvalue weighted by molar-refractivity contribution is 5.87. The molecule has 1 amide bonds. The summed E-state index contributed by atoms with van der Waals surface area (Å²) in [6, 6.07) is 10.8. The third-order valence-corrected chi connectivity index (χ3v) is 3.06. The maximum Gasteiger partial charge on any atom is 0.311 e. The molecule has 25 heavy (non-hydrogen) atoms. The quantitative estimate of drug-likeness (QED) is 0.448. The Kier molecular flexibility index (Phi) is 5.88. The molecular weight excluding hydrogens is 330 g/mol.